The van der Waals surface area contributed by atoms with Gasteiger partial charge in [0, 0.05) is 18.0 Å². The van der Waals surface area contributed by atoms with E-state index in [4.69, 9.17) is 19.4 Å². The molecule has 0 amide bonds. The minimum Gasteiger partial charge on any atom is -0.378 e. The predicted molar refractivity (Wildman–Crippen MR) is 102 cm³/mol. The van der Waals surface area contributed by atoms with Crippen molar-refractivity contribution in [1.82, 2.24) is 9.97 Å². The normalized spacial score (nSPS) is 21.9. The molecule has 7 heteroatoms. The Labute approximate surface area is 158 Å². The van der Waals surface area contributed by atoms with Crippen molar-refractivity contribution in [3.05, 3.63) is 16.3 Å². The van der Waals surface area contributed by atoms with E-state index in [1.165, 1.54) is 52.2 Å². The summed E-state index contributed by atoms with van der Waals surface area (Å²) in [5.41, 5.74) is 1.53. The van der Waals surface area contributed by atoms with E-state index in [0.717, 1.165) is 65.0 Å². The number of aryl methyl sites for hydroxylation is 2. The average molecular weight is 376 g/mol. The highest BCUT2D eigenvalue weighted by atomic mass is 32.1. The van der Waals surface area contributed by atoms with Crippen molar-refractivity contribution in [2.45, 2.75) is 32.2 Å². The number of fused-ring (bicyclic) bond motifs is 3. The predicted octanol–water partition coefficient (Wildman–Crippen LogP) is 0.822. The molecule has 0 saturated carbocycles. The standard InChI is InChI=1S/C19H26N4O2S/c1-2-4-15-14(3-1)17-18(23-7-11-25-12-8-23)20-16(21-19(17)26-15)13-22-5-9-24-10-6-22/h1-13H2/p+1. The SMILES string of the molecule is C1CCc2c(sc3nc(C[NH+]4CCOCC4)nc(N4CCOCC4)c23)C1. The molecule has 0 radical (unpaired) electrons. The fraction of sp³-hybridized carbons (Fsp3) is 0.684. The zero-order valence-corrected chi connectivity index (χ0v) is 16.1. The summed E-state index contributed by atoms with van der Waals surface area (Å²) in [5.74, 6) is 2.16. The lowest BCUT2D eigenvalue weighted by atomic mass is 9.97. The third-order valence-corrected chi connectivity index (χ3v) is 6.95. The van der Waals surface area contributed by atoms with E-state index < -0.39 is 0 Å². The Hall–Kier alpha value is -1.28. The van der Waals surface area contributed by atoms with Gasteiger partial charge in [-0.3, -0.25) is 0 Å². The van der Waals surface area contributed by atoms with Crippen LogP contribution in [0.1, 0.15) is 29.1 Å². The van der Waals surface area contributed by atoms with Crippen LogP contribution in [-0.4, -0.2) is 62.6 Å². The second-order valence-corrected chi connectivity index (χ2v) is 8.58. The molecule has 26 heavy (non-hydrogen) atoms. The molecule has 2 saturated heterocycles. The summed E-state index contributed by atoms with van der Waals surface area (Å²) in [6, 6.07) is 0. The van der Waals surface area contributed by atoms with Gasteiger partial charge in [-0.1, -0.05) is 0 Å². The third kappa shape index (κ3) is 3.22. The number of hydrogen-bond donors (Lipinski definition) is 1. The van der Waals surface area contributed by atoms with E-state index in [1.54, 1.807) is 4.88 Å². The molecule has 2 fully saturated rings. The monoisotopic (exact) mass is 375 g/mol. The number of nitrogens with one attached hydrogen (secondary N) is 1. The first kappa shape index (κ1) is 16.9. The minimum absolute atomic E-state index is 0.794. The Bertz CT molecular complexity index is 781. The van der Waals surface area contributed by atoms with Crippen LogP contribution in [0.2, 0.25) is 0 Å². The molecule has 2 aromatic rings. The molecule has 0 bridgehead atoms. The molecule has 3 aliphatic rings. The van der Waals surface area contributed by atoms with Crippen LogP contribution in [0, 0.1) is 0 Å². The fourth-order valence-corrected chi connectivity index (χ4v) is 5.60. The average Bonchev–Trinajstić information content (AvgIpc) is 3.07. The molecule has 4 heterocycles. The maximum atomic E-state index is 5.58. The molecule has 0 unspecified atom stereocenters. The van der Waals surface area contributed by atoms with Gasteiger partial charge in [-0.15, -0.1) is 11.3 Å². The molecular weight excluding hydrogens is 348 g/mol. The minimum atomic E-state index is 0.794. The molecule has 0 spiro atoms. The molecule has 1 N–H and O–H groups in total. The van der Waals surface area contributed by atoms with Crippen molar-refractivity contribution < 1.29 is 14.4 Å². The summed E-state index contributed by atoms with van der Waals surface area (Å²) in [6.07, 6.45) is 5.00. The lowest BCUT2D eigenvalue weighted by molar-refractivity contribution is -0.922. The lowest BCUT2D eigenvalue weighted by Gasteiger charge is -2.29. The summed E-state index contributed by atoms with van der Waals surface area (Å²) in [4.78, 5) is 16.8. The number of rotatable bonds is 3. The van der Waals surface area contributed by atoms with Gasteiger partial charge >= 0.3 is 0 Å². The van der Waals surface area contributed by atoms with Crippen molar-refractivity contribution in [3.8, 4) is 0 Å². The highest BCUT2D eigenvalue weighted by molar-refractivity contribution is 7.19. The van der Waals surface area contributed by atoms with Gasteiger partial charge in [-0.2, -0.15) is 0 Å². The van der Waals surface area contributed by atoms with Crippen molar-refractivity contribution in [3.63, 3.8) is 0 Å². The van der Waals surface area contributed by atoms with Crippen LogP contribution in [0.5, 0.6) is 0 Å². The van der Waals surface area contributed by atoms with E-state index in [1.807, 2.05) is 11.3 Å². The maximum Gasteiger partial charge on any atom is 0.187 e. The summed E-state index contributed by atoms with van der Waals surface area (Å²) in [7, 11) is 0. The van der Waals surface area contributed by atoms with Crippen LogP contribution < -0.4 is 9.80 Å². The molecule has 2 aliphatic heterocycles. The largest absolute Gasteiger partial charge is 0.378 e. The number of aromatic nitrogens is 2. The molecule has 6 nitrogen and oxygen atoms in total. The van der Waals surface area contributed by atoms with Crippen LogP contribution in [0.25, 0.3) is 10.2 Å². The number of nitrogens with zero attached hydrogens (tertiary/aromatic N) is 3. The fourth-order valence-electron chi connectivity index (χ4n) is 4.32. The van der Waals surface area contributed by atoms with Crippen molar-refractivity contribution >= 4 is 27.4 Å². The van der Waals surface area contributed by atoms with Crippen LogP contribution in [-0.2, 0) is 28.9 Å². The van der Waals surface area contributed by atoms with Gasteiger partial charge in [0.1, 0.15) is 30.3 Å². The topological polar surface area (TPSA) is 51.9 Å². The van der Waals surface area contributed by atoms with Gasteiger partial charge in [0.25, 0.3) is 0 Å². The van der Waals surface area contributed by atoms with Crippen molar-refractivity contribution in [1.29, 1.82) is 0 Å². The van der Waals surface area contributed by atoms with E-state index in [0.29, 0.717) is 0 Å². The van der Waals surface area contributed by atoms with Gasteiger partial charge in [0.2, 0.25) is 0 Å². The van der Waals surface area contributed by atoms with Crippen molar-refractivity contribution in [2.75, 3.05) is 57.5 Å². The summed E-state index contributed by atoms with van der Waals surface area (Å²) < 4.78 is 11.1. The van der Waals surface area contributed by atoms with E-state index in [-0.39, 0.29) is 0 Å². The summed E-state index contributed by atoms with van der Waals surface area (Å²) >= 11 is 1.91. The molecule has 1 aliphatic carbocycles. The van der Waals surface area contributed by atoms with E-state index >= 15 is 0 Å². The molecule has 0 aromatic carbocycles. The number of thiophene rings is 1. The maximum absolute atomic E-state index is 5.58. The van der Waals surface area contributed by atoms with Gasteiger partial charge in [-0.25, -0.2) is 9.97 Å². The molecule has 140 valence electrons. The second-order valence-electron chi connectivity index (χ2n) is 7.49. The first-order valence-electron chi connectivity index (χ1n) is 9.93. The Morgan fingerprint density at radius 3 is 2.58 bits per heavy atom. The summed E-state index contributed by atoms with van der Waals surface area (Å²) in [6.45, 7) is 8.15. The smallest absolute Gasteiger partial charge is 0.187 e. The number of ether oxygens (including phenoxy) is 2. The Morgan fingerprint density at radius 2 is 1.73 bits per heavy atom. The van der Waals surface area contributed by atoms with Gasteiger partial charge in [0.15, 0.2) is 5.82 Å². The quantitative estimate of drug-likeness (QED) is 0.861. The first-order chi connectivity index (χ1) is 12.9. The zero-order valence-electron chi connectivity index (χ0n) is 15.3. The van der Waals surface area contributed by atoms with E-state index in [2.05, 4.69) is 4.90 Å². The molecule has 5 rings (SSSR count). The number of hydrogen-bond acceptors (Lipinski definition) is 6. The molecule has 2 aromatic heterocycles. The Kier molecular flexibility index (Phi) is 4.79. The van der Waals surface area contributed by atoms with Gasteiger partial charge < -0.3 is 19.3 Å². The van der Waals surface area contributed by atoms with Gasteiger partial charge in [0.05, 0.1) is 31.8 Å². The van der Waals surface area contributed by atoms with Crippen LogP contribution in [0.3, 0.4) is 0 Å². The first-order valence-corrected chi connectivity index (χ1v) is 10.8. The van der Waals surface area contributed by atoms with Gasteiger partial charge in [-0.05, 0) is 31.2 Å². The number of anilines is 1. The molecular formula is C19H27N4O2S+. The third-order valence-electron chi connectivity index (χ3n) is 5.76. The van der Waals surface area contributed by atoms with E-state index in [9.17, 15) is 0 Å². The van der Waals surface area contributed by atoms with Crippen molar-refractivity contribution in [2.24, 2.45) is 0 Å². The van der Waals surface area contributed by atoms with Crippen LogP contribution >= 0.6 is 11.3 Å². The lowest BCUT2D eigenvalue weighted by Crippen LogP contribution is -3.12. The number of quaternary nitrogens is 1. The Balaban J connectivity index is 1.56. The highest BCUT2D eigenvalue weighted by Gasteiger charge is 2.26. The highest BCUT2D eigenvalue weighted by Crippen LogP contribution is 2.39. The number of morpholine rings is 2. The van der Waals surface area contributed by atoms with Crippen LogP contribution in [0.15, 0.2) is 0 Å². The second kappa shape index (κ2) is 7.38. The molecule has 0 atom stereocenters. The summed E-state index contributed by atoms with van der Waals surface area (Å²) in [5, 5.41) is 1.34. The Morgan fingerprint density at radius 1 is 0.962 bits per heavy atom. The van der Waals surface area contributed by atoms with Crippen LogP contribution in [0.4, 0.5) is 5.82 Å². The zero-order chi connectivity index (χ0) is 17.3.